The lowest BCUT2D eigenvalue weighted by Gasteiger charge is -2.14. The van der Waals surface area contributed by atoms with Crippen molar-refractivity contribution < 1.29 is 8.42 Å². The van der Waals surface area contributed by atoms with Crippen molar-refractivity contribution >= 4 is 26.0 Å². The van der Waals surface area contributed by atoms with E-state index in [0.717, 1.165) is 31.5 Å². The minimum absolute atomic E-state index is 0.249. The predicted octanol–water partition coefficient (Wildman–Crippen LogP) is 2.39. The van der Waals surface area contributed by atoms with Gasteiger partial charge in [-0.15, -0.1) is 0 Å². The molecule has 2 rings (SSSR count). The van der Waals surface area contributed by atoms with Crippen LogP contribution in [0.2, 0.25) is 0 Å². The zero-order chi connectivity index (χ0) is 14.1. The van der Waals surface area contributed by atoms with Crippen LogP contribution in [0, 0.1) is 0 Å². The molecule has 0 amide bonds. The maximum Gasteiger partial charge on any atom is 0.242 e. The summed E-state index contributed by atoms with van der Waals surface area (Å²) in [5, 5.41) is 3.21. The molecule has 0 radical (unpaired) electrons. The Balaban J connectivity index is 2.20. The SMILES string of the molecule is CCNCc1ccc(S(=O)(=O)NC2(C)CC2)c(Br)c1. The number of halogens is 1. The molecule has 1 aliphatic rings. The summed E-state index contributed by atoms with van der Waals surface area (Å²) in [6, 6.07) is 5.36. The van der Waals surface area contributed by atoms with Crippen LogP contribution in [0.5, 0.6) is 0 Å². The van der Waals surface area contributed by atoms with E-state index in [4.69, 9.17) is 0 Å². The number of hydrogen-bond acceptors (Lipinski definition) is 3. The molecular formula is C13H19BrN2O2S. The van der Waals surface area contributed by atoms with Gasteiger partial charge in [0.2, 0.25) is 10.0 Å². The van der Waals surface area contributed by atoms with Crippen molar-refractivity contribution in [3.05, 3.63) is 28.2 Å². The largest absolute Gasteiger partial charge is 0.313 e. The van der Waals surface area contributed by atoms with E-state index in [1.54, 1.807) is 6.07 Å². The summed E-state index contributed by atoms with van der Waals surface area (Å²) >= 11 is 3.36. The highest BCUT2D eigenvalue weighted by molar-refractivity contribution is 9.10. The summed E-state index contributed by atoms with van der Waals surface area (Å²) in [6.07, 6.45) is 1.81. The lowest BCUT2D eigenvalue weighted by Crippen LogP contribution is -2.34. The summed E-state index contributed by atoms with van der Waals surface area (Å²) in [7, 11) is -3.44. The molecule has 1 aromatic carbocycles. The maximum absolute atomic E-state index is 12.3. The number of sulfonamides is 1. The molecule has 1 aromatic rings. The van der Waals surface area contributed by atoms with E-state index in [2.05, 4.69) is 26.0 Å². The van der Waals surface area contributed by atoms with Crippen LogP contribution >= 0.6 is 15.9 Å². The molecule has 0 heterocycles. The molecule has 1 saturated carbocycles. The number of rotatable bonds is 6. The maximum atomic E-state index is 12.3. The standard InChI is InChI=1S/C13H19BrN2O2S/c1-3-15-9-10-4-5-12(11(14)8-10)19(17,18)16-13(2)6-7-13/h4-5,8,15-16H,3,6-7,9H2,1-2H3. The normalized spacial score (nSPS) is 17.4. The first-order valence-electron chi connectivity index (χ1n) is 6.39. The predicted molar refractivity (Wildman–Crippen MR) is 79.5 cm³/mol. The first kappa shape index (κ1) is 15.0. The van der Waals surface area contributed by atoms with Crippen molar-refractivity contribution in [1.29, 1.82) is 0 Å². The lowest BCUT2D eigenvalue weighted by molar-refractivity contribution is 0.557. The molecule has 4 nitrogen and oxygen atoms in total. The molecule has 0 bridgehead atoms. The second kappa shape index (κ2) is 5.52. The van der Waals surface area contributed by atoms with Gasteiger partial charge in [-0.25, -0.2) is 13.1 Å². The molecule has 0 unspecified atom stereocenters. The van der Waals surface area contributed by atoms with Crippen LogP contribution in [-0.4, -0.2) is 20.5 Å². The summed E-state index contributed by atoms with van der Waals surface area (Å²) in [6.45, 7) is 5.59. The quantitative estimate of drug-likeness (QED) is 0.831. The fourth-order valence-corrected chi connectivity index (χ4v) is 4.40. The Labute approximate surface area is 123 Å². The molecule has 0 aliphatic heterocycles. The molecular weight excluding hydrogens is 328 g/mol. The third-order valence-corrected chi connectivity index (χ3v) is 5.86. The summed E-state index contributed by atoms with van der Waals surface area (Å²) in [5.74, 6) is 0. The zero-order valence-electron chi connectivity index (χ0n) is 11.2. The van der Waals surface area contributed by atoms with Crippen LogP contribution in [0.4, 0.5) is 0 Å². The van der Waals surface area contributed by atoms with E-state index in [1.807, 2.05) is 26.0 Å². The highest BCUT2D eigenvalue weighted by Gasteiger charge is 2.41. The van der Waals surface area contributed by atoms with Crippen molar-refractivity contribution in [2.45, 2.75) is 43.7 Å². The van der Waals surface area contributed by atoms with Gasteiger partial charge >= 0.3 is 0 Å². The van der Waals surface area contributed by atoms with Gasteiger partial charge in [0.15, 0.2) is 0 Å². The Morgan fingerprint density at radius 2 is 2.05 bits per heavy atom. The van der Waals surface area contributed by atoms with Crippen LogP contribution in [0.15, 0.2) is 27.6 Å². The fourth-order valence-electron chi connectivity index (χ4n) is 1.81. The fraction of sp³-hybridized carbons (Fsp3) is 0.538. The molecule has 19 heavy (non-hydrogen) atoms. The second-order valence-corrected chi connectivity index (χ2v) is 7.72. The van der Waals surface area contributed by atoms with E-state index < -0.39 is 10.0 Å². The molecule has 6 heteroatoms. The van der Waals surface area contributed by atoms with Gasteiger partial charge in [0, 0.05) is 16.6 Å². The minimum atomic E-state index is -3.44. The third kappa shape index (κ3) is 3.78. The Morgan fingerprint density at radius 1 is 1.37 bits per heavy atom. The zero-order valence-corrected chi connectivity index (χ0v) is 13.6. The van der Waals surface area contributed by atoms with Gasteiger partial charge in [-0.3, -0.25) is 0 Å². The van der Waals surface area contributed by atoms with E-state index in [-0.39, 0.29) is 5.54 Å². The van der Waals surface area contributed by atoms with Gasteiger partial charge in [0.1, 0.15) is 0 Å². The van der Waals surface area contributed by atoms with Crippen LogP contribution in [0.1, 0.15) is 32.3 Å². The van der Waals surface area contributed by atoms with Crippen LogP contribution in [0.25, 0.3) is 0 Å². The summed E-state index contributed by atoms with van der Waals surface area (Å²) in [4.78, 5) is 0.306. The highest BCUT2D eigenvalue weighted by atomic mass is 79.9. The number of nitrogens with one attached hydrogen (secondary N) is 2. The number of hydrogen-bond donors (Lipinski definition) is 2. The minimum Gasteiger partial charge on any atom is -0.313 e. The van der Waals surface area contributed by atoms with Gasteiger partial charge in [-0.1, -0.05) is 13.0 Å². The molecule has 1 fully saturated rings. The van der Waals surface area contributed by atoms with Crippen molar-refractivity contribution in [1.82, 2.24) is 10.0 Å². The van der Waals surface area contributed by atoms with Crippen LogP contribution in [0.3, 0.4) is 0 Å². The average Bonchev–Trinajstić information content (AvgIpc) is 3.02. The molecule has 1 aliphatic carbocycles. The van der Waals surface area contributed by atoms with Crippen molar-refractivity contribution in [3.63, 3.8) is 0 Å². The van der Waals surface area contributed by atoms with E-state index in [0.29, 0.717) is 9.37 Å². The molecule has 0 spiro atoms. The Bertz CT molecular complexity index is 568. The van der Waals surface area contributed by atoms with Crippen molar-refractivity contribution in [2.75, 3.05) is 6.54 Å². The lowest BCUT2D eigenvalue weighted by atomic mass is 10.2. The van der Waals surface area contributed by atoms with Gasteiger partial charge in [-0.2, -0.15) is 0 Å². The first-order valence-corrected chi connectivity index (χ1v) is 8.67. The number of benzene rings is 1. The van der Waals surface area contributed by atoms with Crippen LogP contribution in [-0.2, 0) is 16.6 Å². The van der Waals surface area contributed by atoms with Crippen molar-refractivity contribution in [2.24, 2.45) is 0 Å². The van der Waals surface area contributed by atoms with E-state index in [1.165, 1.54) is 0 Å². The highest BCUT2D eigenvalue weighted by Crippen LogP contribution is 2.36. The average molecular weight is 347 g/mol. The molecule has 106 valence electrons. The van der Waals surface area contributed by atoms with Gasteiger partial charge < -0.3 is 5.32 Å². The molecule has 0 atom stereocenters. The molecule has 0 saturated heterocycles. The van der Waals surface area contributed by atoms with Crippen molar-refractivity contribution in [3.8, 4) is 0 Å². The Kier molecular flexibility index (Phi) is 4.35. The van der Waals surface area contributed by atoms with Crippen LogP contribution < -0.4 is 10.0 Å². The summed E-state index contributed by atoms with van der Waals surface area (Å²) < 4.78 is 27.9. The van der Waals surface area contributed by atoms with Gasteiger partial charge in [0.25, 0.3) is 0 Å². The van der Waals surface area contributed by atoms with Gasteiger partial charge in [-0.05, 0) is 59.9 Å². The smallest absolute Gasteiger partial charge is 0.242 e. The monoisotopic (exact) mass is 346 g/mol. The van der Waals surface area contributed by atoms with E-state index >= 15 is 0 Å². The van der Waals surface area contributed by atoms with Gasteiger partial charge in [0.05, 0.1) is 4.90 Å². The molecule has 0 aromatic heterocycles. The first-order chi connectivity index (χ1) is 8.86. The topological polar surface area (TPSA) is 58.2 Å². The Morgan fingerprint density at radius 3 is 2.58 bits per heavy atom. The van der Waals surface area contributed by atoms with E-state index in [9.17, 15) is 8.42 Å². The third-order valence-electron chi connectivity index (χ3n) is 3.25. The Hall–Kier alpha value is -0.430. The molecule has 2 N–H and O–H groups in total. The summed E-state index contributed by atoms with van der Waals surface area (Å²) in [5.41, 5.74) is 0.811. The second-order valence-electron chi connectivity index (χ2n) is 5.21.